The minimum Gasteiger partial charge on any atom is -0.353 e. The molecule has 4 heteroatoms. The molecule has 0 aliphatic carbocycles. The van der Waals surface area contributed by atoms with Gasteiger partial charge in [-0.2, -0.15) is 0 Å². The largest absolute Gasteiger partial charge is 0.353 e. The number of carbonyl (C=O) groups is 1. The van der Waals surface area contributed by atoms with E-state index in [0.717, 1.165) is 13.1 Å². The van der Waals surface area contributed by atoms with Crippen molar-refractivity contribution < 1.29 is 4.79 Å². The molecule has 16 heavy (non-hydrogen) atoms. The van der Waals surface area contributed by atoms with Gasteiger partial charge in [0.2, 0.25) is 5.91 Å². The van der Waals surface area contributed by atoms with E-state index in [-0.39, 0.29) is 11.3 Å². The molecular formula is C12H25N3O. The van der Waals surface area contributed by atoms with E-state index < -0.39 is 6.04 Å². The third-order valence-electron chi connectivity index (χ3n) is 3.40. The van der Waals surface area contributed by atoms with E-state index in [1.54, 1.807) is 0 Å². The number of likely N-dealkylation sites (tertiary alicyclic amines) is 1. The average Bonchev–Trinajstić information content (AvgIpc) is 2.58. The molecule has 0 bridgehead atoms. The van der Waals surface area contributed by atoms with Crippen LogP contribution in [0.1, 0.15) is 33.6 Å². The lowest BCUT2D eigenvalue weighted by Crippen LogP contribution is -2.51. The van der Waals surface area contributed by atoms with Crippen molar-refractivity contribution in [3.8, 4) is 0 Å². The molecule has 1 rings (SSSR count). The molecule has 1 amide bonds. The summed E-state index contributed by atoms with van der Waals surface area (Å²) in [5.74, 6) is -0.0344. The fraction of sp³-hybridized carbons (Fsp3) is 0.917. The van der Waals surface area contributed by atoms with Crippen LogP contribution in [0, 0.1) is 5.41 Å². The Bertz CT molecular complexity index is 247. The van der Waals surface area contributed by atoms with Crippen molar-refractivity contribution in [2.75, 3.05) is 20.1 Å². The van der Waals surface area contributed by atoms with Crippen molar-refractivity contribution in [3.05, 3.63) is 0 Å². The number of carbonyl (C=O) groups excluding carboxylic acids is 1. The van der Waals surface area contributed by atoms with Gasteiger partial charge in [-0.05, 0) is 31.8 Å². The lowest BCUT2D eigenvalue weighted by Gasteiger charge is -2.27. The second-order valence-electron chi connectivity index (χ2n) is 5.87. The Morgan fingerprint density at radius 3 is 2.62 bits per heavy atom. The van der Waals surface area contributed by atoms with Gasteiger partial charge in [-0.3, -0.25) is 4.79 Å². The molecule has 0 spiro atoms. The third-order valence-corrected chi connectivity index (χ3v) is 3.40. The van der Waals surface area contributed by atoms with Crippen LogP contribution in [0.3, 0.4) is 0 Å². The fourth-order valence-electron chi connectivity index (χ4n) is 1.96. The first-order valence-corrected chi connectivity index (χ1v) is 6.06. The molecular weight excluding hydrogens is 202 g/mol. The molecule has 0 radical (unpaired) electrons. The van der Waals surface area contributed by atoms with Gasteiger partial charge in [0.25, 0.3) is 0 Å². The van der Waals surface area contributed by atoms with E-state index in [2.05, 4.69) is 17.3 Å². The SMILES string of the molecule is CN1CCCC1CNC(=O)[C@@H](N)C(C)(C)C. The lowest BCUT2D eigenvalue weighted by molar-refractivity contribution is -0.124. The average molecular weight is 227 g/mol. The van der Waals surface area contributed by atoms with Crippen LogP contribution in [-0.4, -0.2) is 43.0 Å². The lowest BCUT2D eigenvalue weighted by atomic mass is 9.87. The second-order valence-corrected chi connectivity index (χ2v) is 5.87. The molecule has 0 aromatic carbocycles. The third kappa shape index (κ3) is 3.46. The van der Waals surface area contributed by atoms with Crippen molar-refractivity contribution in [2.24, 2.45) is 11.1 Å². The van der Waals surface area contributed by atoms with Gasteiger partial charge >= 0.3 is 0 Å². The van der Waals surface area contributed by atoms with Crippen LogP contribution in [0.5, 0.6) is 0 Å². The molecule has 1 heterocycles. The maximum Gasteiger partial charge on any atom is 0.237 e. The van der Waals surface area contributed by atoms with Crippen LogP contribution in [0.15, 0.2) is 0 Å². The molecule has 1 unspecified atom stereocenters. The van der Waals surface area contributed by atoms with E-state index in [4.69, 9.17) is 5.73 Å². The second kappa shape index (κ2) is 5.15. The van der Waals surface area contributed by atoms with Gasteiger partial charge in [0.15, 0.2) is 0 Å². The first-order chi connectivity index (χ1) is 7.32. The number of hydrogen-bond acceptors (Lipinski definition) is 3. The quantitative estimate of drug-likeness (QED) is 0.741. The number of likely N-dealkylation sites (N-methyl/N-ethyl adjacent to an activating group) is 1. The van der Waals surface area contributed by atoms with Crippen molar-refractivity contribution in [1.29, 1.82) is 0 Å². The highest BCUT2D eigenvalue weighted by molar-refractivity contribution is 5.82. The van der Waals surface area contributed by atoms with Crippen LogP contribution >= 0.6 is 0 Å². The van der Waals surface area contributed by atoms with Crippen molar-refractivity contribution >= 4 is 5.91 Å². The number of nitrogens with zero attached hydrogens (tertiary/aromatic N) is 1. The topological polar surface area (TPSA) is 58.4 Å². The van der Waals surface area contributed by atoms with E-state index in [1.165, 1.54) is 12.8 Å². The number of hydrogen-bond donors (Lipinski definition) is 2. The van der Waals surface area contributed by atoms with Crippen LogP contribution in [0.4, 0.5) is 0 Å². The number of rotatable bonds is 3. The highest BCUT2D eigenvalue weighted by Gasteiger charge is 2.28. The Balaban J connectivity index is 2.35. The van der Waals surface area contributed by atoms with Gasteiger partial charge in [-0.25, -0.2) is 0 Å². The highest BCUT2D eigenvalue weighted by atomic mass is 16.2. The Kier molecular flexibility index (Phi) is 4.33. The van der Waals surface area contributed by atoms with E-state index in [1.807, 2.05) is 20.8 Å². The molecule has 4 nitrogen and oxygen atoms in total. The maximum atomic E-state index is 11.8. The van der Waals surface area contributed by atoms with E-state index in [9.17, 15) is 4.79 Å². The van der Waals surface area contributed by atoms with Gasteiger partial charge in [0.1, 0.15) is 0 Å². The fourth-order valence-corrected chi connectivity index (χ4v) is 1.96. The molecule has 3 N–H and O–H groups in total. The number of nitrogens with two attached hydrogens (primary N) is 1. The molecule has 0 aromatic rings. The Morgan fingerprint density at radius 1 is 1.56 bits per heavy atom. The van der Waals surface area contributed by atoms with Crippen LogP contribution in [0.2, 0.25) is 0 Å². The van der Waals surface area contributed by atoms with Gasteiger partial charge in [0.05, 0.1) is 6.04 Å². The van der Waals surface area contributed by atoms with Crippen LogP contribution < -0.4 is 11.1 Å². The van der Waals surface area contributed by atoms with Gasteiger partial charge < -0.3 is 16.0 Å². The van der Waals surface area contributed by atoms with Crippen molar-refractivity contribution in [2.45, 2.75) is 45.7 Å². The molecule has 1 saturated heterocycles. The van der Waals surface area contributed by atoms with Gasteiger partial charge in [-0.1, -0.05) is 20.8 Å². The van der Waals surface area contributed by atoms with Crippen LogP contribution in [-0.2, 0) is 4.79 Å². The standard InChI is InChI=1S/C12H25N3O/c1-12(2,3)10(13)11(16)14-8-9-6-5-7-15(9)4/h9-10H,5-8,13H2,1-4H3,(H,14,16)/t9?,10-/m1/s1. The first-order valence-electron chi connectivity index (χ1n) is 6.06. The van der Waals surface area contributed by atoms with Crippen LogP contribution in [0.25, 0.3) is 0 Å². The first kappa shape index (κ1) is 13.5. The zero-order chi connectivity index (χ0) is 12.3. The van der Waals surface area contributed by atoms with Gasteiger partial charge in [-0.15, -0.1) is 0 Å². The minimum atomic E-state index is -0.431. The zero-order valence-corrected chi connectivity index (χ0v) is 10.9. The van der Waals surface area contributed by atoms with E-state index in [0.29, 0.717) is 6.04 Å². The number of amides is 1. The highest BCUT2D eigenvalue weighted by Crippen LogP contribution is 2.18. The molecule has 1 aliphatic heterocycles. The smallest absolute Gasteiger partial charge is 0.237 e. The van der Waals surface area contributed by atoms with Crippen molar-refractivity contribution in [1.82, 2.24) is 10.2 Å². The summed E-state index contributed by atoms with van der Waals surface area (Å²) in [4.78, 5) is 14.1. The monoisotopic (exact) mass is 227 g/mol. The minimum absolute atomic E-state index is 0.0344. The van der Waals surface area contributed by atoms with E-state index >= 15 is 0 Å². The summed E-state index contributed by atoms with van der Waals surface area (Å²) in [5.41, 5.74) is 5.71. The Labute approximate surface area is 98.6 Å². The summed E-state index contributed by atoms with van der Waals surface area (Å²) in [6.07, 6.45) is 2.39. The number of nitrogens with one attached hydrogen (secondary N) is 1. The van der Waals surface area contributed by atoms with Gasteiger partial charge in [0, 0.05) is 12.6 Å². The zero-order valence-electron chi connectivity index (χ0n) is 10.9. The summed E-state index contributed by atoms with van der Waals surface area (Å²) in [6, 6.07) is 0.0512. The Morgan fingerprint density at radius 2 is 2.19 bits per heavy atom. The van der Waals surface area contributed by atoms with Crippen molar-refractivity contribution in [3.63, 3.8) is 0 Å². The summed E-state index contributed by atoms with van der Waals surface area (Å²) in [6.45, 7) is 7.81. The molecule has 94 valence electrons. The summed E-state index contributed by atoms with van der Waals surface area (Å²) < 4.78 is 0. The molecule has 1 aliphatic rings. The predicted octanol–water partition coefficient (Wildman–Crippen LogP) is 0.570. The molecule has 0 saturated carbocycles. The molecule has 0 aromatic heterocycles. The molecule has 2 atom stereocenters. The summed E-state index contributed by atoms with van der Waals surface area (Å²) in [7, 11) is 2.10. The predicted molar refractivity (Wildman–Crippen MR) is 66.1 cm³/mol. The molecule has 1 fully saturated rings. The Hall–Kier alpha value is -0.610. The summed E-state index contributed by atoms with van der Waals surface area (Å²) >= 11 is 0. The maximum absolute atomic E-state index is 11.8. The normalized spacial score (nSPS) is 24.4. The summed E-state index contributed by atoms with van der Waals surface area (Å²) in [5, 5.41) is 2.96.